The summed E-state index contributed by atoms with van der Waals surface area (Å²) in [6, 6.07) is 8.07. The van der Waals surface area contributed by atoms with Gasteiger partial charge in [0.25, 0.3) is 0 Å². The lowest BCUT2D eigenvalue weighted by atomic mass is 10.1. The van der Waals surface area contributed by atoms with Gasteiger partial charge in [-0.3, -0.25) is 5.10 Å². The van der Waals surface area contributed by atoms with Gasteiger partial charge >= 0.3 is 0 Å². The van der Waals surface area contributed by atoms with Gasteiger partial charge in [-0.25, -0.2) is 9.97 Å². The Kier molecular flexibility index (Phi) is 3.96. The molecule has 0 spiro atoms. The van der Waals surface area contributed by atoms with Crippen molar-refractivity contribution in [2.24, 2.45) is 0 Å². The van der Waals surface area contributed by atoms with Crippen LogP contribution in [0.4, 0.5) is 5.69 Å². The van der Waals surface area contributed by atoms with Crippen LogP contribution in [-0.2, 0) is 13.0 Å². The van der Waals surface area contributed by atoms with Gasteiger partial charge in [-0.15, -0.1) is 11.3 Å². The van der Waals surface area contributed by atoms with E-state index < -0.39 is 0 Å². The molecule has 3 rings (SSSR count). The van der Waals surface area contributed by atoms with E-state index in [1.165, 1.54) is 9.88 Å². The maximum Gasteiger partial charge on any atom is 0.183 e. The quantitative estimate of drug-likeness (QED) is 0.757. The van der Waals surface area contributed by atoms with E-state index in [0.29, 0.717) is 5.82 Å². The smallest absolute Gasteiger partial charge is 0.183 e. The molecule has 5 nitrogen and oxygen atoms in total. The molecule has 0 bridgehead atoms. The SMILES string of the molecule is CCc1ncc(CNc2ccccc2-c2n[nH]c(C)n2)s1. The number of aromatic amines is 1. The molecule has 0 aliphatic rings. The number of benzene rings is 1. The molecule has 21 heavy (non-hydrogen) atoms. The Balaban J connectivity index is 1.79. The van der Waals surface area contributed by atoms with Gasteiger partial charge < -0.3 is 5.32 Å². The molecule has 0 saturated heterocycles. The summed E-state index contributed by atoms with van der Waals surface area (Å²) in [6.07, 6.45) is 2.92. The maximum atomic E-state index is 4.40. The van der Waals surface area contributed by atoms with Gasteiger partial charge in [0, 0.05) is 22.3 Å². The Morgan fingerprint density at radius 1 is 1.29 bits per heavy atom. The van der Waals surface area contributed by atoms with Crippen LogP contribution in [-0.4, -0.2) is 20.2 Å². The minimum atomic E-state index is 0.717. The van der Waals surface area contributed by atoms with Crippen LogP contribution >= 0.6 is 11.3 Å². The highest BCUT2D eigenvalue weighted by Crippen LogP contribution is 2.25. The van der Waals surface area contributed by atoms with E-state index in [0.717, 1.165) is 30.0 Å². The average Bonchev–Trinajstić information content (AvgIpc) is 3.14. The third-order valence-electron chi connectivity index (χ3n) is 3.12. The summed E-state index contributed by atoms with van der Waals surface area (Å²) in [6.45, 7) is 4.78. The van der Waals surface area contributed by atoms with Gasteiger partial charge in [-0.2, -0.15) is 5.10 Å². The van der Waals surface area contributed by atoms with Crippen LogP contribution in [0.2, 0.25) is 0 Å². The van der Waals surface area contributed by atoms with Crippen LogP contribution in [0, 0.1) is 6.92 Å². The predicted octanol–water partition coefficient (Wildman–Crippen LogP) is 3.41. The second-order valence-electron chi connectivity index (χ2n) is 4.72. The highest BCUT2D eigenvalue weighted by Gasteiger charge is 2.09. The number of H-pyrrole nitrogens is 1. The first-order chi connectivity index (χ1) is 10.3. The molecule has 0 saturated carbocycles. The molecule has 0 amide bonds. The minimum absolute atomic E-state index is 0.717. The molecule has 0 unspecified atom stereocenters. The van der Waals surface area contributed by atoms with E-state index >= 15 is 0 Å². The second-order valence-corrected chi connectivity index (χ2v) is 5.92. The van der Waals surface area contributed by atoms with Gasteiger partial charge in [0.2, 0.25) is 0 Å². The highest BCUT2D eigenvalue weighted by molar-refractivity contribution is 7.11. The molecule has 0 aliphatic heterocycles. The Labute approximate surface area is 127 Å². The number of nitrogens with zero attached hydrogens (tertiary/aromatic N) is 3. The van der Waals surface area contributed by atoms with E-state index in [1.54, 1.807) is 11.3 Å². The first-order valence-electron chi connectivity index (χ1n) is 6.92. The third kappa shape index (κ3) is 3.11. The van der Waals surface area contributed by atoms with Crippen molar-refractivity contribution in [3.05, 3.63) is 46.2 Å². The molecule has 2 N–H and O–H groups in total. The number of aryl methyl sites for hydroxylation is 2. The zero-order valence-electron chi connectivity index (χ0n) is 12.1. The number of aromatic nitrogens is 4. The fourth-order valence-electron chi connectivity index (χ4n) is 2.07. The Morgan fingerprint density at radius 2 is 2.14 bits per heavy atom. The molecule has 6 heteroatoms. The first kappa shape index (κ1) is 13.8. The number of nitrogens with one attached hydrogen (secondary N) is 2. The monoisotopic (exact) mass is 299 g/mol. The largest absolute Gasteiger partial charge is 0.379 e. The van der Waals surface area contributed by atoms with Crippen molar-refractivity contribution < 1.29 is 0 Å². The summed E-state index contributed by atoms with van der Waals surface area (Å²) in [5.41, 5.74) is 2.03. The van der Waals surface area contributed by atoms with E-state index in [9.17, 15) is 0 Å². The summed E-state index contributed by atoms with van der Waals surface area (Å²) in [5.74, 6) is 1.53. The number of rotatable bonds is 5. The van der Waals surface area contributed by atoms with Crippen LogP contribution in [0.15, 0.2) is 30.5 Å². The molecular formula is C15H17N5S. The van der Waals surface area contributed by atoms with Crippen LogP contribution in [0.25, 0.3) is 11.4 Å². The summed E-state index contributed by atoms with van der Waals surface area (Å²) >= 11 is 1.75. The summed E-state index contributed by atoms with van der Waals surface area (Å²) in [4.78, 5) is 10.0. The Morgan fingerprint density at radius 3 is 2.86 bits per heavy atom. The zero-order chi connectivity index (χ0) is 14.7. The first-order valence-corrected chi connectivity index (χ1v) is 7.73. The predicted molar refractivity (Wildman–Crippen MR) is 85.4 cm³/mol. The molecule has 0 radical (unpaired) electrons. The summed E-state index contributed by atoms with van der Waals surface area (Å²) in [5, 5.41) is 11.7. The fraction of sp³-hybridized carbons (Fsp3) is 0.267. The molecule has 2 aromatic heterocycles. The van der Waals surface area contributed by atoms with Crippen molar-refractivity contribution in [1.82, 2.24) is 20.2 Å². The molecule has 0 atom stereocenters. The van der Waals surface area contributed by atoms with Crippen molar-refractivity contribution >= 4 is 17.0 Å². The third-order valence-corrected chi connectivity index (χ3v) is 4.26. The molecule has 0 aliphatic carbocycles. The molecule has 108 valence electrons. The van der Waals surface area contributed by atoms with Gasteiger partial charge in [-0.05, 0) is 25.5 Å². The normalized spacial score (nSPS) is 10.8. The van der Waals surface area contributed by atoms with Crippen molar-refractivity contribution in [2.45, 2.75) is 26.8 Å². The zero-order valence-corrected chi connectivity index (χ0v) is 12.9. The van der Waals surface area contributed by atoms with Crippen molar-refractivity contribution in [3.63, 3.8) is 0 Å². The lowest BCUT2D eigenvalue weighted by Gasteiger charge is -2.08. The van der Waals surface area contributed by atoms with E-state index in [1.807, 2.05) is 37.4 Å². The van der Waals surface area contributed by atoms with Gasteiger partial charge in [0.15, 0.2) is 5.82 Å². The lowest BCUT2D eigenvalue weighted by Crippen LogP contribution is -1.99. The van der Waals surface area contributed by atoms with E-state index in [2.05, 4.69) is 32.4 Å². The number of hydrogen-bond acceptors (Lipinski definition) is 5. The van der Waals surface area contributed by atoms with Crippen molar-refractivity contribution in [2.75, 3.05) is 5.32 Å². The molecule has 0 fully saturated rings. The van der Waals surface area contributed by atoms with Gasteiger partial charge in [0.05, 0.1) is 11.6 Å². The standard InChI is InChI=1S/C15H17N5S/c1-3-14-17-9-11(21-14)8-16-13-7-5-4-6-12(13)15-18-10(2)19-20-15/h4-7,9,16H,3,8H2,1-2H3,(H,18,19,20). The van der Waals surface area contributed by atoms with Gasteiger partial charge in [0.1, 0.15) is 5.82 Å². The molecular weight excluding hydrogens is 282 g/mol. The van der Waals surface area contributed by atoms with Crippen molar-refractivity contribution in [3.8, 4) is 11.4 Å². The topological polar surface area (TPSA) is 66.5 Å². The second kappa shape index (κ2) is 6.05. The molecule has 2 heterocycles. The Bertz CT molecular complexity index is 731. The molecule has 3 aromatic rings. The molecule has 1 aromatic carbocycles. The fourth-order valence-corrected chi connectivity index (χ4v) is 2.87. The van der Waals surface area contributed by atoms with E-state index in [-0.39, 0.29) is 0 Å². The summed E-state index contributed by atoms with van der Waals surface area (Å²) in [7, 11) is 0. The number of anilines is 1. The van der Waals surface area contributed by atoms with E-state index in [4.69, 9.17) is 0 Å². The van der Waals surface area contributed by atoms with Crippen LogP contribution in [0.1, 0.15) is 22.6 Å². The van der Waals surface area contributed by atoms with Crippen LogP contribution in [0.3, 0.4) is 0 Å². The number of para-hydroxylation sites is 1. The average molecular weight is 299 g/mol. The Hall–Kier alpha value is -2.21. The highest BCUT2D eigenvalue weighted by atomic mass is 32.1. The van der Waals surface area contributed by atoms with Crippen LogP contribution in [0.5, 0.6) is 0 Å². The van der Waals surface area contributed by atoms with Crippen molar-refractivity contribution in [1.29, 1.82) is 0 Å². The van der Waals surface area contributed by atoms with Crippen LogP contribution < -0.4 is 5.32 Å². The number of thiazole rings is 1. The van der Waals surface area contributed by atoms with Gasteiger partial charge in [-0.1, -0.05) is 19.1 Å². The minimum Gasteiger partial charge on any atom is -0.379 e. The summed E-state index contributed by atoms with van der Waals surface area (Å²) < 4.78 is 0. The lowest BCUT2D eigenvalue weighted by molar-refractivity contribution is 1.04. The maximum absolute atomic E-state index is 4.40. The number of hydrogen-bond donors (Lipinski definition) is 2.